The average molecular weight is 273 g/mol. The minimum absolute atomic E-state index is 0.282. The largest absolute Gasteiger partial charge is 0.444 e. The van der Waals surface area contributed by atoms with Gasteiger partial charge in [0.2, 0.25) is 0 Å². The van der Waals surface area contributed by atoms with Crippen LogP contribution in [-0.4, -0.2) is 48.8 Å². The van der Waals surface area contributed by atoms with Crippen LogP contribution in [0.1, 0.15) is 47.5 Å². The highest BCUT2D eigenvalue weighted by atomic mass is 16.6. The van der Waals surface area contributed by atoms with Gasteiger partial charge in [-0.05, 0) is 47.6 Å². The van der Waals surface area contributed by atoms with Gasteiger partial charge in [0.15, 0.2) is 0 Å². The lowest BCUT2D eigenvalue weighted by Gasteiger charge is -2.32. The summed E-state index contributed by atoms with van der Waals surface area (Å²) in [7, 11) is 2.08. The van der Waals surface area contributed by atoms with Gasteiger partial charge in [-0.25, -0.2) is 4.79 Å². The maximum absolute atomic E-state index is 11.5. The summed E-state index contributed by atoms with van der Waals surface area (Å²) in [4.78, 5) is 13.8. The predicted molar refractivity (Wildman–Crippen MR) is 79.2 cm³/mol. The molecule has 0 rings (SSSR count). The molecule has 0 radical (unpaired) electrons. The molecule has 2 atom stereocenters. The Morgan fingerprint density at radius 2 is 2.00 bits per heavy atom. The number of nitrogens with zero attached hydrogens (tertiary/aromatic N) is 1. The number of hydrogen-bond acceptors (Lipinski definition) is 4. The SMILES string of the molecule is CCC(C)N(C)C(CN)CCNC(=O)OC(C)(C)C. The Morgan fingerprint density at radius 1 is 1.42 bits per heavy atom. The van der Waals surface area contributed by atoms with Gasteiger partial charge < -0.3 is 15.8 Å². The lowest BCUT2D eigenvalue weighted by Crippen LogP contribution is -2.45. The van der Waals surface area contributed by atoms with Gasteiger partial charge in [-0.3, -0.25) is 4.90 Å². The molecule has 5 heteroatoms. The number of carbonyl (C=O) groups excluding carboxylic acids is 1. The summed E-state index contributed by atoms with van der Waals surface area (Å²) in [6, 6.07) is 0.778. The molecular weight excluding hydrogens is 242 g/mol. The van der Waals surface area contributed by atoms with Crippen LogP contribution in [0.2, 0.25) is 0 Å². The summed E-state index contributed by atoms with van der Waals surface area (Å²) in [5.41, 5.74) is 5.35. The molecule has 0 aromatic heterocycles. The molecule has 0 aliphatic carbocycles. The summed E-state index contributed by atoms with van der Waals surface area (Å²) in [6.07, 6.45) is 1.55. The normalized spacial score (nSPS) is 15.2. The smallest absolute Gasteiger partial charge is 0.407 e. The van der Waals surface area contributed by atoms with Crippen molar-refractivity contribution in [3.05, 3.63) is 0 Å². The second kappa shape index (κ2) is 8.38. The van der Waals surface area contributed by atoms with Crippen molar-refractivity contribution in [3.8, 4) is 0 Å². The first kappa shape index (κ1) is 18.2. The highest BCUT2D eigenvalue weighted by Crippen LogP contribution is 2.09. The van der Waals surface area contributed by atoms with Gasteiger partial charge in [-0.2, -0.15) is 0 Å². The molecule has 19 heavy (non-hydrogen) atoms. The van der Waals surface area contributed by atoms with E-state index in [-0.39, 0.29) is 12.1 Å². The number of likely N-dealkylation sites (N-methyl/N-ethyl adjacent to an activating group) is 1. The van der Waals surface area contributed by atoms with Gasteiger partial charge in [-0.15, -0.1) is 0 Å². The molecule has 1 amide bonds. The van der Waals surface area contributed by atoms with Gasteiger partial charge in [0.25, 0.3) is 0 Å². The number of alkyl carbamates (subject to hydrolysis) is 1. The van der Waals surface area contributed by atoms with E-state index in [2.05, 4.69) is 31.1 Å². The van der Waals surface area contributed by atoms with E-state index in [4.69, 9.17) is 10.5 Å². The van der Waals surface area contributed by atoms with E-state index < -0.39 is 5.60 Å². The number of ether oxygens (including phenoxy) is 1. The molecule has 0 saturated carbocycles. The van der Waals surface area contributed by atoms with Crippen molar-refractivity contribution < 1.29 is 9.53 Å². The van der Waals surface area contributed by atoms with Crippen molar-refractivity contribution in [2.75, 3.05) is 20.1 Å². The van der Waals surface area contributed by atoms with Crippen LogP contribution in [0.5, 0.6) is 0 Å². The van der Waals surface area contributed by atoms with Crippen LogP contribution in [-0.2, 0) is 4.74 Å². The molecule has 0 aliphatic heterocycles. The molecule has 0 heterocycles. The van der Waals surface area contributed by atoms with Crippen molar-refractivity contribution in [1.29, 1.82) is 0 Å². The molecular formula is C14H31N3O2. The van der Waals surface area contributed by atoms with Crippen molar-refractivity contribution in [2.24, 2.45) is 5.73 Å². The monoisotopic (exact) mass is 273 g/mol. The summed E-state index contributed by atoms with van der Waals surface area (Å²) in [5.74, 6) is 0. The molecule has 3 N–H and O–H groups in total. The lowest BCUT2D eigenvalue weighted by molar-refractivity contribution is 0.0521. The Kier molecular flexibility index (Phi) is 8.02. The van der Waals surface area contributed by atoms with Crippen LogP contribution in [0.3, 0.4) is 0 Å². The zero-order valence-corrected chi connectivity index (χ0v) is 13.3. The molecule has 114 valence electrons. The minimum Gasteiger partial charge on any atom is -0.444 e. The lowest BCUT2D eigenvalue weighted by atomic mass is 10.1. The van der Waals surface area contributed by atoms with E-state index >= 15 is 0 Å². The van der Waals surface area contributed by atoms with Gasteiger partial charge in [0, 0.05) is 25.2 Å². The Labute approximate surface area is 117 Å². The van der Waals surface area contributed by atoms with E-state index in [0.29, 0.717) is 19.1 Å². The second-order valence-electron chi connectivity index (χ2n) is 6.03. The van der Waals surface area contributed by atoms with E-state index in [1.165, 1.54) is 0 Å². The Morgan fingerprint density at radius 3 is 2.42 bits per heavy atom. The summed E-state index contributed by atoms with van der Waals surface area (Å²) < 4.78 is 5.19. The van der Waals surface area contributed by atoms with Crippen LogP contribution in [0.4, 0.5) is 4.79 Å². The average Bonchev–Trinajstić information content (AvgIpc) is 2.30. The number of rotatable bonds is 7. The van der Waals surface area contributed by atoms with Gasteiger partial charge in [-0.1, -0.05) is 6.92 Å². The predicted octanol–water partition coefficient (Wildman–Crippen LogP) is 1.96. The van der Waals surface area contributed by atoms with Crippen molar-refractivity contribution in [3.63, 3.8) is 0 Å². The molecule has 0 fully saturated rings. The van der Waals surface area contributed by atoms with E-state index in [1.54, 1.807) is 0 Å². The first-order valence-electron chi connectivity index (χ1n) is 7.10. The number of carbonyl (C=O) groups is 1. The van der Waals surface area contributed by atoms with Gasteiger partial charge in [0.05, 0.1) is 0 Å². The first-order chi connectivity index (χ1) is 8.71. The Bertz CT molecular complexity index is 264. The third kappa shape index (κ3) is 8.06. The Hall–Kier alpha value is -0.810. The minimum atomic E-state index is -0.454. The Balaban J connectivity index is 4.06. The fraction of sp³-hybridized carbons (Fsp3) is 0.929. The maximum atomic E-state index is 11.5. The van der Waals surface area contributed by atoms with Crippen LogP contribution >= 0.6 is 0 Å². The third-order valence-corrected chi connectivity index (χ3v) is 3.28. The van der Waals surface area contributed by atoms with Crippen molar-refractivity contribution in [1.82, 2.24) is 10.2 Å². The molecule has 0 bridgehead atoms. The molecule has 0 spiro atoms. The number of amides is 1. The van der Waals surface area contributed by atoms with Gasteiger partial charge in [0.1, 0.15) is 5.60 Å². The molecule has 0 aromatic carbocycles. The number of hydrogen-bond donors (Lipinski definition) is 2. The first-order valence-corrected chi connectivity index (χ1v) is 7.10. The number of nitrogens with one attached hydrogen (secondary N) is 1. The van der Waals surface area contributed by atoms with E-state index in [0.717, 1.165) is 12.8 Å². The van der Waals surface area contributed by atoms with E-state index in [9.17, 15) is 4.79 Å². The van der Waals surface area contributed by atoms with Crippen molar-refractivity contribution in [2.45, 2.75) is 65.1 Å². The number of nitrogens with two attached hydrogens (primary N) is 1. The van der Waals surface area contributed by atoms with Crippen LogP contribution in [0.25, 0.3) is 0 Å². The zero-order chi connectivity index (χ0) is 15.1. The summed E-state index contributed by atoms with van der Waals surface area (Å²) in [6.45, 7) is 11.1. The molecule has 5 nitrogen and oxygen atoms in total. The highest BCUT2D eigenvalue weighted by molar-refractivity contribution is 5.67. The zero-order valence-electron chi connectivity index (χ0n) is 13.3. The summed E-state index contributed by atoms with van der Waals surface area (Å²) in [5, 5.41) is 2.77. The second-order valence-corrected chi connectivity index (χ2v) is 6.03. The molecule has 0 aromatic rings. The standard InChI is InChI=1S/C14H31N3O2/c1-7-11(2)17(6)12(10-15)8-9-16-13(18)19-14(3,4)5/h11-12H,7-10,15H2,1-6H3,(H,16,18). The fourth-order valence-electron chi connectivity index (χ4n) is 1.79. The molecule has 2 unspecified atom stereocenters. The van der Waals surface area contributed by atoms with Crippen LogP contribution < -0.4 is 11.1 Å². The molecule has 0 saturated heterocycles. The quantitative estimate of drug-likeness (QED) is 0.744. The summed E-state index contributed by atoms with van der Waals surface area (Å²) >= 11 is 0. The molecule has 0 aliphatic rings. The van der Waals surface area contributed by atoms with Gasteiger partial charge >= 0.3 is 6.09 Å². The fourth-order valence-corrected chi connectivity index (χ4v) is 1.79. The maximum Gasteiger partial charge on any atom is 0.407 e. The third-order valence-electron chi connectivity index (χ3n) is 3.28. The highest BCUT2D eigenvalue weighted by Gasteiger charge is 2.19. The van der Waals surface area contributed by atoms with E-state index in [1.807, 2.05) is 20.8 Å². The topological polar surface area (TPSA) is 67.6 Å². The van der Waals surface area contributed by atoms with Crippen LogP contribution in [0.15, 0.2) is 0 Å². The van der Waals surface area contributed by atoms with Crippen molar-refractivity contribution >= 4 is 6.09 Å². The van der Waals surface area contributed by atoms with Crippen LogP contribution in [0, 0.1) is 0 Å².